The van der Waals surface area contributed by atoms with Gasteiger partial charge in [0.1, 0.15) is 0 Å². The highest BCUT2D eigenvalue weighted by Crippen LogP contribution is 2.38. The van der Waals surface area contributed by atoms with Gasteiger partial charge in [-0.2, -0.15) is 0 Å². The molecule has 0 aromatic carbocycles. The third-order valence-electron chi connectivity index (χ3n) is 4.01. The summed E-state index contributed by atoms with van der Waals surface area (Å²) in [6, 6.07) is 2.02. The molecule has 1 aromatic rings. The summed E-state index contributed by atoms with van der Waals surface area (Å²) in [6.45, 7) is 8.94. The monoisotopic (exact) mass is 352 g/mol. The minimum Gasteiger partial charge on any atom is -0.400 e. The fraction of sp³-hybridized carbons (Fsp3) is 0.533. The van der Waals surface area contributed by atoms with Crippen LogP contribution in [0.3, 0.4) is 0 Å². The van der Waals surface area contributed by atoms with Crippen LogP contribution in [-0.4, -0.2) is 36.9 Å². The van der Waals surface area contributed by atoms with Crippen molar-refractivity contribution in [1.29, 1.82) is 0 Å². The maximum Gasteiger partial charge on any atom is 0.491 e. The Labute approximate surface area is 135 Å². The van der Waals surface area contributed by atoms with Gasteiger partial charge in [0.05, 0.1) is 11.2 Å². The minimum atomic E-state index is -0.346. The quantitative estimate of drug-likeness (QED) is 0.845. The van der Waals surface area contributed by atoms with Crippen molar-refractivity contribution >= 4 is 29.1 Å². The van der Waals surface area contributed by atoms with E-state index in [2.05, 4.69) is 60.0 Å². The highest BCUT2D eigenvalue weighted by atomic mass is 79.9. The number of pyridine rings is 1. The fourth-order valence-corrected chi connectivity index (χ4v) is 2.50. The number of hydrogen-bond donors (Lipinski definition) is 1. The van der Waals surface area contributed by atoms with Crippen LogP contribution in [0.25, 0.3) is 6.08 Å². The Morgan fingerprint density at radius 2 is 1.90 bits per heavy atom. The minimum absolute atomic E-state index is 0.333. The molecule has 0 saturated carbocycles. The van der Waals surface area contributed by atoms with Crippen molar-refractivity contribution in [2.75, 3.05) is 13.6 Å². The number of halogens is 1. The zero-order chi connectivity index (χ0) is 15.7. The van der Waals surface area contributed by atoms with E-state index in [0.29, 0.717) is 6.54 Å². The van der Waals surface area contributed by atoms with Crippen LogP contribution in [0.4, 0.5) is 0 Å². The van der Waals surface area contributed by atoms with Gasteiger partial charge in [0.2, 0.25) is 0 Å². The van der Waals surface area contributed by atoms with Crippen molar-refractivity contribution in [2.45, 2.75) is 38.9 Å². The lowest BCUT2D eigenvalue weighted by Gasteiger charge is -2.32. The molecule has 1 aliphatic heterocycles. The molecule has 6 heteroatoms. The molecule has 4 nitrogen and oxygen atoms in total. The summed E-state index contributed by atoms with van der Waals surface area (Å²) in [7, 11) is 1.57. The van der Waals surface area contributed by atoms with Crippen LogP contribution in [0, 0.1) is 0 Å². The van der Waals surface area contributed by atoms with E-state index in [1.165, 1.54) is 0 Å². The van der Waals surface area contributed by atoms with Crippen LogP contribution < -0.4 is 5.32 Å². The van der Waals surface area contributed by atoms with Gasteiger partial charge in [0.25, 0.3) is 0 Å². The van der Waals surface area contributed by atoms with Gasteiger partial charge < -0.3 is 14.6 Å². The lowest BCUT2D eigenvalue weighted by Crippen LogP contribution is -2.41. The Bertz CT molecular complexity index is 530. The molecular formula is C15H22BBrN2O2. The van der Waals surface area contributed by atoms with E-state index in [9.17, 15) is 0 Å². The first-order valence-electron chi connectivity index (χ1n) is 7.06. The SMILES string of the molecule is CNCC(=Cc1cncc(Br)c1)B1OC(C)(C)C(C)(C)O1. The van der Waals surface area contributed by atoms with Crippen molar-refractivity contribution < 1.29 is 9.31 Å². The van der Waals surface area contributed by atoms with Gasteiger partial charge in [0.15, 0.2) is 0 Å². The number of likely N-dealkylation sites (N-methyl/N-ethyl adjacent to an activating group) is 1. The van der Waals surface area contributed by atoms with E-state index < -0.39 is 0 Å². The average molecular weight is 353 g/mol. The van der Waals surface area contributed by atoms with Crippen LogP contribution in [0.2, 0.25) is 0 Å². The first-order chi connectivity index (χ1) is 9.75. The summed E-state index contributed by atoms with van der Waals surface area (Å²) >= 11 is 3.44. The van der Waals surface area contributed by atoms with Crippen molar-refractivity contribution in [2.24, 2.45) is 0 Å². The topological polar surface area (TPSA) is 43.4 Å². The van der Waals surface area contributed by atoms with Gasteiger partial charge in [-0.25, -0.2) is 0 Å². The first kappa shape index (κ1) is 16.7. The van der Waals surface area contributed by atoms with Crippen molar-refractivity contribution in [3.05, 3.63) is 34.0 Å². The Balaban J connectivity index is 2.28. The third-order valence-corrected chi connectivity index (χ3v) is 4.45. The lowest BCUT2D eigenvalue weighted by molar-refractivity contribution is 0.00578. The van der Waals surface area contributed by atoms with E-state index >= 15 is 0 Å². The van der Waals surface area contributed by atoms with E-state index in [1.807, 2.05) is 19.3 Å². The van der Waals surface area contributed by atoms with Crippen molar-refractivity contribution in [3.8, 4) is 0 Å². The molecule has 0 bridgehead atoms. The Morgan fingerprint density at radius 3 is 2.43 bits per heavy atom. The van der Waals surface area contributed by atoms with Crippen LogP contribution in [0.5, 0.6) is 0 Å². The van der Waals surface area contributed by atoms with E-state index in [-0.39, 0.29) is 18.3 Å². The number of hydrogen-bond acceptors (Lipinski definition) is 4. The third kappa shape index (κ3) is 3.75. The second-order valence-corrected chi connectivity index (χ2v) is 7.19. The number of aromatic nitrogens is 1. The number of nitrogens with one attached hydrogen (secondary N) is 1. The molecule has 1 fully saturated rings. The van der Waals surface area contributed by atoms with Crippen LogP contribution in [-0.2, 0) is 9.31 Å². The summed E-state index contributed by atoms with van der Waals surface area (Å²) in [6.07, 6.45) is 5.66. The van der Waals surface area contributed by atoms with E-state index in [1.54, 1.807) is 6.20 Å². The van der Waals surface area contributed by atoms with Gasteiger partial charge in [0, 0.05) is 23.4 Å². The molecule has 114 valence electrons. The molecule has 1 saturated heterocycles. The standard InChI is InChI=1S/C15H22BBrN2O2/c1-14(2)15(3,4)21-16(20-14)12(9-18-5)6-11-7-13(17)10-19-8-11/h6-8,10,18H,9H2,1-5H3. The van der Waals surface area contributed by atoms with Crippen LogP contribution >= 0.6 is 15.9 Å². The molecular weight excluding hydrogens is 331 g/mol. The van der Waals surface area contributed by atoms with Gasteiger partial charge in [-0.3, -0.25) is 4.98 Å². The lowest BCUT2D eigenvalue weighted by atomic mass is 9.77. The highest BCUT2D eigenvalue weighted by Gasteiger charge is 2.52. The smallest absolute Gasteiger partial charge is 0.400 e. The zero-order valence-corrected chi connectivity index (χ0v) is 14.8. The molecule has 1 aliphatic rings. The molecule has 2 heterocycles. The summed E-state index contributed by atoms with van der Waals surface area (Å²) in [5.74, 6) is 0. The normalized spacial score (nSPS) is 20.9. The molecule has 0 spiro atoms. The van der Waals surface area contributed by atoms with Crippen LogP contribution in [0.15, 0.2) is 28.4 Å². The van der Waals surface area contributed by atoms with E-state index in [4.69, 9.17) is 9.31 Å². The average Bonchev–Trinajstić information content (AvgIpc) is 2.58. The molecule has 0 amide bonds. The van der Waals surface area contributed by atoms with Gasteiger partial charge >= 0.3 is 7.12 Å². The molecule has 0 unspecified atom stereocenters. The van der Waals surface area contributed by atoms with E-state index in [0.717, 1.165) is 15.5 Å². The van der Waals surface area contributed by atoms with Crippen molar-refractivity contribution in [1.82, 2.24) is 10.3 Å². The Kier molecular flexibility index (Phi) is 4.93. The highest BCUT2D eigenvalue weighted by molar-refractivity contribution is 9.10. The molecule has 1 N–H and O–H groups in total. The first-order valence-corrected chi connectivity index (χ1v) is 7.86. The Morgan fingerprint density at radius 1 is 1.29 bits per heavy atom. The molecule has 2 rings (SSSR count). The molecule has 21 heavy (non-hydrogen) atoms. The van der Waals surface area contributed by atoms with Gasteiger partial charge in [-0.05, 0) is 67.8 Å². The molecule has 1 aromatic heterocycles. The predicted octanol–water partition coefficient (Wildman–Crippen LogP) is 3.08. The second-order valence-electron chi connectivity index (χ2n) is 6.27. The number of nitrogens with zero attached hydrogens (tertiary/aromatic N) is 1. The second kappa shape index (κ2) is 6.20. The molecule has 0 atom stereocenters. The molecule has 0 aliphatic carbocycles. The summed E-state index contributed by atoms with van der Waals surface area (Å²) < 4.78 is 13.2. The van der Waals surface area contributed by atoms with Gasteiger partial charge in [-0.15, -0.1) is 0 Å². The largest absolute Gasteiger partial charge is 0.491 e. The van der Waals surface area contributed by atoms with Crippen LogP contribution in [0.1, 0.15) is 33.3 Å². The van der Waals surface area contributed by atoms with Gasteiger partial charge in [-0.1, -0.05) is 6.08 Å². The Hall–Kier alpha value is -0.685. The summed E-state index contributed by atoms with van der Waals surface area (Å²) in [4.78, 5) is 4.19. The maximum absolute atomic E-state index is 6.12. The summed E-state index contributed by atoms with van der Waals surface area (Å²) in [5.41, 5.74) is 1.40. The fourth-order valence-electron chi connectivity index (χ4n) is 2.12. The maximum atomic E-state index is 6.12. The number of rotatable bonds is 4. The zero-order valence-electron chi connectivity index (χ0n) is 13.2. The predicted molar refractivity (Wildman–Crippen MR) is 89.9 cm³/mol. The van der Waals surface area contributed by atoms with Crippen molar-refractivity contribution in [3.63, 3.8) is 0 Å². The molecule has 0 radical (unpaired) electrons. The summed E-state index contributed by atoms with van der Waals surface area (Å²) in [5, 5.41) is 3.17.